The van der Waals surface area contributed by atoms with Gasteiger partial charge < -0.3 is 14.8 Å². The molecule has 1 amide bonds. The van der Waals surface area contributed by atoms with Crippen molar-refractivity contribution in [2.75, 3.05) is 20.3 Å². The third kappa shape index (κ3) is 5.66. The van der Waals surface area contributed by atoms with E-state index >= 15 is 0 Å². The van der Waals surface area contributed by atoms with Crippen molar-refractivity contribution in [2.24, 2.45) is 7.05 Å². The Morgan fingerprint density at radius 2 is 1.84 bits per heavy atom. The molecule has 0 aliphatic carbocycles. The first-order valence-corrected chi connectivity index (χ1v) is 9.10. The van der Waals surface area contributed by atoms with Crippen LogP contribution in [-0.4, -0.2) is 41.3 Å². The number of nitrogens with one attached hydrogen (secondary N) is 1. The lowest BCUT2D eigenvalue weighted by molar-refractivity contribution is -0.144. The number of aromatic nitrogens is 2. The van der Waals surface area contributed by atoms with E-state index in [2.05, 4.69) is 10.1 Å². The van der Waals surface area contributed by atoms with Crippen molar-refractivity contribution in [1.29, 1.82) is 0 Å². The predicted octanol–water partition coefficient (Wildman–Crippen LogP) is 1.41. The monoisotopic (exact) mass is 481 g/mol. The van der Waals surface area contributed by atoms with Crippen molar-refractivity contribution in [3.63, 3.8) is 0 Å². The zero-order valence-corrected chi connectivity index (χ0v) is 17.3. The molecule has 2 aromatic rings. The summed E-state index contributed by atoms with van der Waals surface area (Å²) in [6.07, 6.45) is -5.08. The fourth-order valence-corrected chi connectivity index (χ4v) is 2.73. The Kier molecular flexibility index (Phi) is 7.67. The van der Waals surface area contributed by atoms with Gasteiger partial charge in [0.1, 0.15) is 17.3 Å². The highest BCUT2D eigenvalue weighted by Gasteiger charge is 2.35. The number of benzene rings is 1. The molecule has 0 saturated heterocycles. The third-order valence-corrected chi connectivity index (χ3v) is 4.39. The molecule has 0 atom stereocenters. The Morgan fingerprint density at radius 3 is 2.44 bits per heavy atom. The number of halogens is 5. The number of carbonyl (C=O) groups is 2. The van der Waals surface area contributed by atoms with Crippen molar-refractivity contribution in [2.45, 2.75) is 12.6 Å². The van der Waals surface area contributed by atoms with Crippen LogP contribution < -0.4 is 21.3 Å². The van der Waals surface area contributed by atoms with Crippen LogP contribution in [0.5, 0.6) is 5.75 Å². The maximum atomic E-state index is 14.4. The van der Waals surface area contributed by atoms with E-state index in [1.54, 1.807) is 0 Å². The maximum absolute atomic E-state index is 14.4. The van der Waals surface area contributed by atoms with E-state index in [0.717, 1.165) is 13.1 Å². The Morgan fingerprint density at radius 1 is 1.19 bits per heavy atom. The molecule has 0 saturated carbocycles. The van der Waals surface area contributed by atoms with E-state index in [4.69, 9.17) is 16.3 Å². The molecule has 0 fully saturated rings. The molecule has 0 aliphatic rings. The highest BCUT2D eigenvalue weighted by Crippen LogP contribution is 2.30. The molecule has 1 aromatic heterocycles. The average Bonchev–Trinajstić information content (AvgIpc) is 2.70. The Hall–Kier alpha value is -3.35. The topological polar surface area (TPSA) is 109 Å². The fourth-order valence-electron chi connectivity index (χ4n) is 2.52. The number of alkyl halides is 3. The minimum absolute atomic E-state index is 0.0474. The van der Waals surface area contributed by atoms with Crippen LogP contribution in [0.3, 0.4) is 0 Å². The number of methoxy groups -OCH3 is 1. The van der Waals surface area contributed by atoms with E-state index in [1.165, 1.54) is 7.11 Å². The van der Waals surface area contributed by atoms with Crippen LogP contribution in [0.4, 0.5) is 17.6 Å². The number of hydrogen-bond acceptors (Lipinski definition) is 6. The van der Waals surface area contributed by atoms with Gasteiger partial charge in [-0.05, 0) is 6.07 Å². The van der Waals surface area contributed by atoms with Crippen molar-refractivity contribution >= 4 is 23.5 Å². The summed E-state index contributed by atoms with van der Waals surface area (Å²) in [7, 11) is 1.95. The van der Waals surface area contributed by atoms with Gasteiger partial charge in [-0.3, -0.25) is 19.0 Å². The molecule has 0 unspecified atom stereocenters. The first kappa shape index (κ1) is 24.9. The van der Waals surface area contributed by atoms with Crippen LogP contribution >= 0.6 is 11.6 Å². The third-order valence-electron chi connectivity index (χ3n) is 4.09. The number of ether oxygens (including phenoxy) is 2. The van der Waals surface area contributed by atoms with E-state index in [-0.39, 0.29) is 38.9 Å². The second-order valence-electron chi connectivity index (χ2n) is 6.24. The van der Waals surface area contributed by atoms with Crippen LogP contribution in [0.25, 0.3) is 5.69 Å². The maximum Gasteiger partial charge on any atom is 0.431 e. The highest BCUT2D eigenvalue weighted by atomic mass is 35.5. The van der Waals surface area contributed by atoms with E-state index in [1.807, 2.05) is 0 Å². The van der Waals surface area contributed by atoms with Gasteiger partial charge in [0.15, 0.2) is 6.61 Å². The summed E-state index contributed by atoms with van der Waals surface area (Å²) in [5.41, 5.74) is -5.14. The van der Waals surface area contributed by atoms with Crippen LogP contribution in [-0.2, 0) is 27.5 Å². The largest absolute Gasteiger partial charge is 0.482 e. The number of amides is 1. The van der Waals surface area contributed by atoms with Crippen LogP contribution in [0, 0.1) is 5.82 Å². The minimum atomic E-state index is -4.99. The number of hydrogen-bond donors (Lipinski definition) is 1. The van der Waals surface area contributed by atoms with Crippen LogP contribution in [0.2, 0.25) is 5.02 Å². The average molecular weight is 482 g/mol. The van der Waals surface area contributed by atoms with Gasteiger partial charge in [0.05, 0.1) is 24.2 Å². The standard InChI is InChI=1S/C18H16ClF4N3O6/c1-25-13(18(21,22)23)7-15(28)26(17(25)30)11-6-12(9(19)5-10(11)20)32-8-14(27)24-4-3-16(29)31-2/h5-7H,3-4,8H2,1-2H3,(H,24,27). The molecule has 32 heavy (non-hydrogen) atoms. The second-order valence-corrected chi connectivity index (χ2v) is 6.65. The summed E-state index contributed by atoms with van der Waals surface area (Å²) in [5, 5.41) is 2.02. The predicted molar refractivity (Wildman–Crippen MR) is 102 cm³/mol. The lowest BCUT2D eigenvalue weighted by atomic mass is 10.2. The normalized spacial score (nSPS) is 11.2. The van der Waals surface area contributed by atoms with Crippen molar-refractivity contribution in [3.05, 3.63) is 55.6 Å². The summed E-state index contributed by atoms with van der Waals surface area (Å²) < 4.78 is 63.3. The van der Waals surface area contributed by atoms with Crippen LogP contribution in [0.15, 0.2) is 27.8 Å². The smallest absolute Gasteiger partial charge is 0.431 e. The van der Waals surface area contributed by atoms with E-state index < -0.39 is 53.1 Å². The molecular weight excluding hydrogens is 466 g/mol. The Bertz CT molecular complexity index is 1160. The SMILES string of the molecule is COC(=O)CCNC(=O)COc1cc(-n2c(=O)cc(C(F)(F)F)n(C)c2=O)c(F)cc1Cl. The molecule has 0 spiro atoms. The molecular formula is C18H16ClF4N3O6. The number of carbonyl (C=O) groups excluding carboxylic acids is 2. The lowest BCUT2D eigenvalue weighted by Gasteiger charge is -2.15. The van der Waals surface area contributed by atoms with E-state index in [9.17, 15) is 36.7 Å². The summed E-state index contributed by atoms with van der Waals surface area (Å²) in [6.45, 7) is -0.680. The first-order chi connectivity index (χ1) is 14.9. The number of nitrogens with zero attached hydrogens (tertiary/aromatic N) is 2. The van der Waals surface area contributed by atoms with Gasteiger partial charge in [0.2, 0.25) is 0 Å². The van der Waals surface area contributed by atoms with Gasteiger partial charge in [-0.15, -0.1) is 0 Å². The molecule has 174 valence electrons. The molecule has 0 radical (unpaired) electrons. The van der Waals surface area contributed by atoms with Gasteiger partial charge >= 0.3 is 17.8 Å². The zero-order valence-electron chi connectivity index (χ0n) is 16.6. The molecule has 1 aromatic carbocycles. The van der Waals surface area contributed by atoms with Gasteiger partial charge in [-0.25, -0.2) is 13.8 Å². The van der Waals surface area contributed by atoms with Crippen molar-refractivity contribution in [3.8, 4) is 11.4 Å². The molecule has 0 bridgehead atoms. The van der Waals surface area contributed by atoms with Gasteiger partial charge in [-0.1, -0.05) is 11.6 Å². The highest BCUT2D eigenvalue weighted by molar-refractivity contribution is 6.32. The zero-order chi connectivity index (χ0) is 24.2. The van der Waals surface area contributed by atoms with Crippen molar-refractivity contribution < 1.29 is 36.6 Å². The molecule has 2 rings (SSSR count). The second kappa shape index (κ2) is 9.85. The lowest BCUT2D eigenvalue weighted by Crippen LogP contribution is -2.41. The quantitative estimate of drug-likeness (QED) is 0.473. The summed E-state index contributed by atoms with van der Waals surface area (Å²) in [6, 6.07) is 1.62. The summed E-state index contributed by atoms with van der Waals surface area (Å²) >= 11 is 5.86. The van der Waals surface area contributed by atoms with Crippen molar-refractivity contribution in [1.82, 2.24) is 14.5 Å². The number of esters is 1. The molecule has 1 heterocycles. The molecule has 14 heteroatoms. The Balaban J connectivity index is 2.33. The van der Waals surface area contributed by atoms with Gasteiger partial charge in [0, 0.05) is 25.7 Å². The molecule has 0 aliphatic heterocycles. The fraction of sp³-hybridized carbons (Fsp3) is 0.333. The minimum Gasteiger partial charge on any atom is -0.482 e. The van der Waals surface area contributed by atoms with Gasteiger partial charge in [-0.2, -0.15) is 13.2 Å². The summed E-state index contributed by atoms with van der Waals surface area (Å²) in [5.74, 6) is -2.75. The van der Waals surface area contributed by atoms with Crippen LogP contribution in [0.1, 0.15) is 12.1 Å². The van der Waals surface area contributed by atoms with E-state index in [0.29, 0.717) is 6.07 Å². The molecule has 1 N–H and O–H groups in total. The summed E-state index contributed by atoms with van der Waals surface area (Å²) in [4.78, 5) is 47.3. The molecule has 9 nitrogen and oxygen atoms in total. The Labute approximate surface area is 182 Å². The first-order valence-electron chi connectivity index (χ1n) is 8.72. The number of rotatable bonds is 7. The van der Waals surface area contributed by atoms with Gasteiger partial charge in [0.25, 0.3) is 11.5 Å².